The first-order valence-corrected chi connectivity index (χ1v) is 10.2. The number of benzene rings is 2. The van der Waals surface area contributed by atoms with Crippen molar-refractivity contribution in [3.63, 3.8) is 0 Å². The van der Waals surface area contributed by atoms with Crippen LogP contribution in [0.15, 0.2) is 47.4 Å². The highest BCUT2D eigenvalue weighted by Crippen LogP contribution is 2.18. The molecule has 6 nitrogen and oxygen atoms in total. The number of fused-ring (bicyclic) bond motifs is 1. The molecular formula is C19H26N2O4S. The molecule has 0 aromatic heterocycles. The van der Waals surface area contributed by atoms with E-state index in [4.69, 9.17) is 0 Å². The zero-order valence-corrected chi connectivity index (χ0v) is 16.2. The maximum absolute atomic E-state index is 12.3. The third kappa shape index (κ3) is 6.48. The Hall–Kier alpha value is -2.41. The molecule has 0 saturated heterocycles. The van der Waals surface area contributed by atoms with Gasteiger partial charge in [-0.3, -0.25) is 9.59 Å². The first-order valence-electron chi connectivity index (χ1n) is 8.73. The summed E-state index contributed by atoms with van der Waals surface area (Å²) in [5.41, 5.74) is 0. The molecule has 0 saturated carbocycles. The lowest BCUT2D eigenvalue weighted by atomic mass is 10.1. The first-order chi connectivity index (χ1) is 12.4. The molecular weight excluding hydrogens is 352 g/mol. The summed E-state index contributed by atoms with van der Waals surface area (Å²) in [5, 5.41) is 4.32. The highest BCUT2D eigenvalue weighted by atomic mass is 32.2. The van der Waals surface area contributed by atoms with Crippen LogP contribution in [0.3, 0.4) is 0 Å². The van der Waals surface area contributed by atoms with Crippen molar-refractivity contribution in [3.8, 4) is 0 Å². The molecule has 0 bridgehead atoms. The zero-order chi connectivity index (χ0) is 19.6. The normalized spacial score (nSPS) is 10.6. The van der Waals surface area contributed by atoms with Gasteiger partial charge in [0, 0.05) is 19.4 Å². The summed E-state index contributed by atoms with van der Waals surface area (Å²) in [4.78, 5) is 23.3. The number of nitrogens with one attached hydrogen (secondary N) is 2. The Balaban J connectivity index is 0.00000163. The predicted molar refractivity (Wildman–Crippen MR) is 103 cm³/mol. The molecule has 2 aromatic carbocycles. The first kappa shape index (κ1) is 21.6. The molecule has 0 aliphatic heterocycles. The summed E-state index contributed by atoms with van der Waals surface area (Å²) in [5.74, 6) is -0.968. The fourth-order valence-electron chi connectivity index (χ4n) is 2.17. The summed E-state index contributed by atoms with van der Waals surface area (Å²) in [6, 6.07) is 12.0. The van der Waals surface area contributed by atoms with Gasteiger partial charge in [-0.15, -0.1) is 0 Å². The third-order valence-corrected chi connectivity index (χ3v) is 4.80. The highest BCUT2D eigenvalue weighted by Gasteiger charge is 2.18. The molecule has 0 unspecified atom stereocenters. The van der Waals surface area contributed by atoms with E-state index in [0.717, 1.165) is 17.2 Å². The Morgan fingerprint density at radius 1 is 0.923 bits per heavy atom. The summed E-state index contributed by atoms with van der Waals surface area (Å²) in [6.07, 6.45) is 0.579. The van der Waals surface area contributed by atoms with E-state index in [0.29, 0.717) is 6.54 Å². The average molecular weight is 378 g/mol. The van der Waals surface area contributed by atoms with Gasteiger partial charge in [0.05, 0.1) is 4.90 Å². The van der Waals surface area contributed by atoms with E-state index in [1.54, 1.807) is 12.1 Å². The lowest BCUT2D eigenvalue weighted by Gasteiger charge is -2.08. The molecule has 0 fully saturated rings. The summed E-state index contributed by atoms with van der Waals surface area (Å²) >= 11 is 0. The van der Waals surface area contributed by atoms with Crippen LogP contribution in [0.5, 0.6) is 0 Å². The average Bonchev–Trinajstić information content (AvgIpc) is 2.65. The molecule has 26 heavy (non-hydrogen) atoms. The Labute approximate surface area is 155 Å². The third-order valence-electron chi connectivity index (χ3n) is 3.43. The van der Waals surface area contributed by atoms with Crippen molar-refractivity contribution in [3.05, 3.63) is 42.5 Å². The fraction of sp³-hybridized carbons (Fsp3) is 0.368. The van der Waals surface area contributed by atoms with Crippen molar-refractivity contribution in [1.82, 2.24) is 10.0 Å². The maximum atomic E-state index is 12.3. The number of rotatable bonds is 7. The number of hydrogen-bond acceptors (Lipinski definition) is 4. The molecule has 0 aliphatic rings. The number of amides is 2. The van der Waals surface area contributed by atoms with Gasteiger partial charge in [0.25, 0.3) is 10.0 Å². The van der Waals surface area contributed by atoms with Crippen LogP contribution < -0.4 is 10.0 Å². The van der Waals surface area contributed by atoms with Crippen LogP contribution >= 0.6 is 0 Å². The smallest absolute Gasteiger partial charge is 0.264 e. The van der Waals surface area contributed by atoms with Crippen molar-refractivity contribution < 1.29 is 18.0 Å². The zero-order valence-electron chi connectivity index (χ0n) is 15.4. The second-order valence-electron chi connectivity index (χ2n) is 5.39. The molecule has 0 atom stereocenters. The molecule has 7 heteroatoms. The SMILES string of the molecule is CC.CCCNC(=O)CCC(=O)NS(=O)(=O)c1ccc2ccccc2c1. The second-order valence-corrected chi connectivity index (χ2v) is 7.07. The monoisotopic (exact) mass is 378 g/mol. The highest BCUT2D eigenvalue weighted by molar-refractivity contribution is 7.90. The summed E-state index contributed by atoms with van der Waals surface area (Å²) < 4.78 is 26.5. The number of hydrogen-bond donors (Lipinski definition) is 2. The van der Waals surface area contributed by atoms with Crippen LogP contribution in [0.4, 0.5) is 0 Å². The molecule has 0 aliphatic carbocycles. The van der Waals surface area contributed by atoms with Crippen molar-refractivity contribution in [2.75, 3.05) is 6.54 Å². The molecule has 2 N–H and O–H groups in total. The van der Waals surface area contributed by atoms with E-state index in [2.05, 4.69) is 5.32 Å². The topological polar surface area (TPSA) is 92.3 Å². The van der Waals surface area contributed by atoms with Crippen molar-refractivity contribution in [2.45, 2.75) is 44.9 Å². The van der Waals surface area contributed by atoms with E-state index in [1.165, 1.54) is 12.1 Å². The van der Waals surface area contributed by atoms with Gasteiger partial charge in [-0.25, -0.2) is 13.1 Å². The quantitative estimate of drug-likeness (QED) is 0.775. The molecule has 2 rings (SSSR count). The van der Waals surface area contributed by atoms with Crippen molar-refractivity contribution in [1.29, 1.82) is 0 Å². The van der Waals surface area contributed by atoms with Crippen LogP contribution in [0.1, 0.15) is 40.0 Å². The van der Waals surface area contributed by atoms with E-state index in [-0.39, 0.29) is 23.6 Å². The largest absolute Gasteiger partial charge is 0.356 e. The van der Waals surface area contributed by atoms with Gasteiger partial charge in [0.1, 0.15) is 0 Å². The summed E-state index contributed by atoms with van der Waals surface area (Å²) in [7, 11) is -3.95. The summed E-state index contributed by atoms with van der Waals surface area (Å²) in [6.45, 7) is 6.46. The molecule has 2 amide bonds. The van der Waals surface area contributed by atoms with Crippen LogP contribution in [0, 0.1) is 0 Å². The van der Waals surface area contributed by atoms with E-state index >= 15 is 0 Å². The van der Waals surface area contributed by atoms with Crippen molar-refractivity contribution in [2.24, 2.45) is 0 Å². The van der Waals surface area contributed by atoms with Gasteiger partial charge in [0.2, 0.25) is 11.8 Å². The molecule has 0 heterocycles. The van der Waals surface area contributed by atoms with E-state index < -0.39 is 15.9 Å². The minimum Gasteiger partial charge on any atom is -0.356 e. The second kappa shape index (κ2) is 10.6. The Morgan fingerprint density at radius 2 is 1.54 bits per heavy atom. The lowest BCUT2D eigenvalue weighted by molar-refractivity contribution is -0.125. The number of carbonyl (C=O) groups excluding carboxylic acids is 2. The fourth-order valence-corrected chi connectivity index (χ4v) is 3.22. The van der Waals surface area contributed by atoms with Gasteiger partial charge in [-0.2, -0.15) is 0 Å². The van der Waals surface area contributed by atoms with Crippen molar-refractivity contribution >= 4 is 32.6 Å². The van der Waals surface area contributed by atoms with Crippen LogP contribution in [-0.4, -0.2) is 26.8 Å². The van der Waals surface area contributed by atoms with Gasteiger partial charge in [0.15, 0.2) is 0 Å². The molecule has 0 spiro atoms. The Kier molecular flexibility index (Phi) is 8.78. The Morgan fingerprint density at radius 3 is 2.19 bits per heavy atom. The van der Waals surface area contributed by atoms with Crippen LogP contribution in [0.2, 0.25) is 0 Å². The van der Waals surface area contributed by atoms with E-state index in [9.17, 15) is 18.0 Å². The number of sulfonamides is 1. The van der Waals surface area contributed by atoms with Crippen LogP contribution in [-0.2, 0) is 19.6 Å². The molecule has 142 valence electrons. The number of carbonyl (C=O) groups is 2. The molecule has 0 radical (unpaired) electrons. The molecule has 2 aromatic rings. The maximum Gasteiger partial charge on any atom is 0.264 e. The van der Waals surface area contributed by atoms with Crippen LogP contribution in [0.25, 0.3) is 10.8 Å². The lowest BCUT2D eigenvalue weighted by Crippen LogP contribution is -2.32. The minimum absolute atomic E-state index is 0.0185. The Bertz CT molecular complexity index is 847. The van der Waals surface area contributed by atoms with Gasteiger partial charge in [-0.05, 0) is 29.3 Å². The minimum atomic E-state index is -3.95. The van der Waals surface area contributed by atoms with Gasteiger partial charge < -0.3 is 5.32 Å². The standard InChI is InChI=1S/C17H20N2O4S.C2H6/c1-2-11-18-16(20)9-10-17(21)19-24(22,23)15-8-7-13-5-3-4-6-14(13)12-15;1-2/h3-8,12H,2,9-11H2,1H3,(H,18,20)(H,19,21);1-2H3. The van der Waals surface area contributed by atoms with Gasteiger partial charge in [-0.1, -0.05) is 51.1 Å². The van der Waals surface area contributed by atoms with Gasteiger partial charge >= 0.3 is 0 Å². The van der Waals surface area contributed by atoms with E-state index in [1.807, 2.05) is 43.7 Å². The predicted octanol–water partition coefficient (Wildman–Crippen LogP) is 2.98.